The number of nitrogens with one attached hydrogen (secondary N) is 2. The number of imide groups is 1. The lowest BCUT2D eigenvalue weighted by molar-refractivity contribution is -0.155. The smallest absolute Gasteiger partial charge is 0.416 e. The molecule has 6 rings (SSSR count). The van der Waals surface area contributed by atoms with Crippen LogP contribution in [0.5, 0.6) is 0 Å². The number of carbonyl (C=O) groups excluding carboxylic acids is 3. The van der Waals surface area contributed by atoms with Gasteiger partial charge in [-0.3, -0.25) is 15.0 Å². The summed E-state index contributed by atoms with van der Waals surface area (Å²) in [4.78, 5) is 40.8. The van der Waals surface area contributed by atoms with Crippen molar-refractivity contribution < 1.29 is 37.9 Å². The summed E-state index contributed by atoms with van der Waals surface area (Å²) in [7, 11) is 0. The van der Waals surface area contributed by atoms with Gasteiger partial charge in [0.05, 0.1) is 35.4 Å². The fourth-order valence-corrected chi connectivity index (χ4v) is 6.29. The number of amides is 4. The average Bonchev–Trinajstić information content (AvgIpc) is 3.39. The molecular weight excluding hydrogens is 477 g/mol. The first-order valence-electron chi connectivity index (χ1n) is 12.0. The molecule has 3 N–H and O–H groups in total. The van der Waals surface area contributed by atoms with Gasteiger partial charge >= 0.3 is 12.1 Å². The van der Waals surface area contributed by atoms with Crippen molar-refractivity contribution in [1.82, 2.24) is 15.8 Å². The van der Waals surface area contributed by atoms with E-state index in [0.717, 1.165) is 0 Å². The molecule has 0 saturated carbocycles. The van der Waals surface area contributed by atoms with Crippen LogP contribution in [0, 0.1) is 11.2 Å². The van der Waals surface area contributed by atoms with Crippen molar-refractivity contribution >= 4 is 40.5 Å². The number of ether oxygens (including phenoxy) is 2. The molecule has 4 aliphatic rings. The van der Waals surface area contributed by atoms with E-state index in [-0.39, 0.29) is 54.2 Å². The largest absolute Gasteiger partial charge is 0.447 e. The predicted octanol–water partition coefficient (Wildman–Crippen LogP) is 1.38. The number of carbonyl (C=O) groups is 3. The third-order valence-corrected chi connectivity index (χ3v) is 7.78. The molecule has 0 aliphatic carbocycles. The standard InChI is InChI=1S/C23H26FN5O7/c1-4-12-8-34-22(33)29(12)18-13-5-11-6-23(19(30)25-21(32)26-20(23)31)17-10(3)35-9(2)7-28(17)15(11)14(24)16(13)36-27-18/h5,9-10,12,17,19,30H,4,6-8H2,1-3H3,(H2,25,26,31,32). The lowest BCUT2D eigenvalue weighted by atomic mass is 9.66. The normalized spacial score (nSPS) is 33.9. The second kappa shape index (κ2) is 7.77. The number of fused-ring (bicyclic) bond motifs is 5. The van der Waals surface area contributed by atoms with E-state index in [0.29, 0.717) is 12.0 Å². The van der Waals surface area contributed by atoms with E-state index < -0.39 is 47.6 Å². The Kier molecular flexibility index (Phi) is 4.96. The predicted molar refractivity (Wildman–Crippen MR) is 122 cm³/mol. The highest BCUT2D eigenvalue weighted by Gasteiger charge is 2.63. The lowest BCUT2D eigenvalue weighted by Gasteiger charge is -2.57. The molecule has 6 atom stereocenters. The summed E-state index contributed by atoms with van der Waals surface area (Å²) >= 11 is 0. The summed E-state index contributed by atoms with van der Waals surface area (Å²) in [6, 6.07) is -0.252. The highest BCUT2D eigenvalue weighted by molar-refractivity contribution is 6.04. The molecule has 1 aromatic carbocycles. The molecule has 13 heteroatoms. The van der Waals surface area contributed by atoms with Crippen LogP contribution >= 0.6 is 0 Å². The number of halogens is 1. The first-order chi connectivity index (χ1) is 17.2. The molecule has 192 valence electrons. The van der Waals surface area contributed by atoms with Crippen LogP contribution in [0.4, 0.5) is 25.5 Å². The Morgan fingerprint density at radius 1 is 1.31 bits per heavy atom. The number of aromatic nitrogens is 1. The zero-order valence-electron chi connectivity index (χ0n) is 19.9. The van der Waals surface area contributed by atoms with E-state index in [1.54, 1.807) is 17.9 Å². The number of rotatable bonds is 2. The van der Waals surface area contributed by atoms with Crippen molar-refractivity contribution in [2.75, 3.05) is 23.0 Å². The molecule has 4 aliphatic heterocycles. The maximum absolute atomic E-state index is 16.2. The Bertz CT molecular complexity index is 1300. The van der Waals surface area contributed by atoms with Crippen LogP contribution in [0.25, 0.3) is 11.0 Å². The van der Waals surface area contributed by atoms with E-state index in [1.165, 1.54) is 4.90 Å². The molecule has 3 fully saturated rings. The van der Waals surface area contributed by atoms with E-state index in [9.17, 15) is 19.5 Å². The summed E-state index contributed by atoms with van der Waals surface area (Å²) in [5.74, 6) is -1.23. The third-order valence-electron chi connectivity index (χ3n) is 7.78. The van der Waals surface area contributed by atoms with Crippen LogP contribution < -0.4 is 20.4 Å². The highest BCUT2D eigenvalue weighted by atomic mass is 19.1. The molecule has 5 heterocycles. The van der Waals surface area contributed by atoms with Crippen molar-refractivity contribution in [1.29, 1.82) is 0 Å². The second-order valence-electron chi connectivity index (χ2n) is 9.89. The molecule has 3 saturated heterocycles. The molecule has 1 aromatic heterocycles. The summed E-state index contributed by atoms with van der Waals surface area (Å²) in [5.41, 5.74) is -1.05. The van der Waals surface area contributed by atoms with E-state index in [1.807, 2.05) is 13.8 Å². The Hall–Kier alpha value is -3.45. The molecule has 12 nitrogen and oxygen atoms in total. The van der Waals surface area contributed by atoms with Crippen LogP contribution in [0.2, 0.25) is 0 Å². The minimum absolute atomic E-state index is 0.0992. The van der Waals surface area contributed by atoms with Crippen LogP contribution in [0.15, 0.2) is 10.6 Å². The number of benzene rings is 1. The maximum Gasteiger partial charge on any atom is 0.416 e. The average molecular weight is 503 g/mol. The quantitative estimate of drug-likeness (QED) is 0.553. The summed E-state index contributed by atoms with van der Waals surface area (Å²) in [6.45, 7) is 5.89. The van der Waals surface area contributed by atoms with E-state index in [4.69, 9.17) is 14.0 Å². The fraction of sp³-hybridized carbons (Fsp3) is 0.565. The van der Waals surface area contributed by atoms with Gasteiger partial charge in [0.1, 0.15) is 18.2 Å². The molecular formula is C23H26FN5O7. The number of hydrogen-bond donors (Lipinski definition) is 3. The number of hydrogen-bond acceptors (Lipinski definition) is 9. The number of nitrogens with zero attached hydrogens (tertiary/aromatic N) is 3. The van der Waals surface area contributed by atoms with Crippen LogP contribution in [0.3, 0.4) is 0 Å². The Morgan fingerprint density at radius 2 is 2.08 bits per heavy atom. The zero-order valence-corrected chi connectivity index (χ0v) is 19.9. The second-order valence-corrected chi connectivity index (χ2v) is 9.89. The number of aliphatic hydroxyl groups excluding tert-OH is 1. The van der Waals surface area contributed by atoms with E-state index >= 15 is 4.39 Å². The van der Waals surface area contributed by atoms with Crippen molar-refractivity contribution in [3.63, 3.8) is 0 Å². The van der Waals surface area contributed by atoms with Crippen molar-refractivity contribution in [3.05, 3.63) is 17.4 Å². The molecule has 0 radical (unpaired) electrons. The maximum atomic E-state index is 16.2. The number of morpholine rings is 1. The van der Waals surface area contributed by atoms with Gasteiger partial charge in [0.2, 0.25) is 11.5 Å². The van der Waals surface area contributed by atoms with Gasteiger partial charge in [-0.05, 0) is 38.3 Å². The Balaban J connectivity index is 1.57. The molecule has 0 bridgehead atoms. The Labute approximate surface area is 204 Å². The van der Waals surface area contributed by atoms with Gasteiger partial charge in [-0.1, -0.05) is 12.1 Å². The van der Waals surface area contributed by atoms with Crippen LogP contribution in [-0.4, -0.2) is 72.0 Å². The van der Waals surface area contributed by atoms with Crippen LogP contribution in [-0.2, 0) is 20.7 Å². The summed E-state index contributed by atoms with van der Waals surface area (Å²) < 4.78 is 32.8. The number of anilines is 2. The van der Waals surface area contributed by atoms with Gasteiger partial charge < -0.3 is 29.3 Å². The number of aliphatic hydroxyl groups is 1. The molecule has 36 heavy (non-hydrogen) atoms. The number of cyclic esters (lactones) is 1. The first-order valence-corrected chi connectivity index (χ1v) is 12.0. The van der Waals surface area contributed by atoms with Gasteiger partial charge in [0.15, 0.2) is 11.6 Å². The monoisotopic (exact) mass is 503 g/mol. The van der Waals surface area contributed by atoms with Crippen molar-refractivity contribution in [3.8, 4) is 0 Å². The highest BCUT2D eigenvalue weighted by Crippen LogP contribution is 2.50. The Morgan fingerprint density at radius 3 is 2.81 bits per heavy atom. The zero-order chi connectivity index (χ0) is 25.5. The third kappa shape index (κ3) is 2.92. The fourth-order valence-electron chi connectivity index (χ4n) is 6.29. The molecule has 6 unspecified atom stereocenters. The van der Waals surface area contributed by atoms with Crippen molar-refractivity contribution in [2.45, 2.75) is 64.1 Å². The molecule has 1 spiro atoms. The molecule has 2 aromatic rings. The van der Waals surface area contributed by atoms with Crippen LogP contribution in [0.1, 0.15) is 32.8 Å². The number of urea groups is 1. The topological polar surface area (TPSA) is 146 Å². The van der Waals surface area contributed by atoms with Gasteiger partial charge in [-0.2, -0.15) is 0 Å². The lowest BCUT2D eigenvalue weighted by Crippen LogP contribution is -2.76. The summed E-state index contributed by atoms with van der Waals surface area (Å²) in [5, 5.41) is 20.0. The first kappa shape index (κ1) is 23.0. The van der Waals surface area contributed by atoms with Gasteiger partial charge in [-0.25, -0.2) is 14.0 Å². The SMILES string of the molecule is CCC1COC(=O)N1c1noc2c(F)c3c(cc12)CC1(C(=O)NC(=O)NC1O)C1C(C)OC(C)CN31. The van der Waals surface area contributed by atoms with Gasteiger partial charge in [0.25, 0.3) is 0 Å². The van der Waals surface area contributed by atoms with E-state index in [2.05, 4.69) is 15.8 Å². The minimum atomic E-state index is -1.56. The van der Waals surface area contributed by atoms with Gasteiger partial charge in [-0.15, -0.1) is 0 Å². The molecule has 4 amide bonds. The van der Waals surface area contributed by atoms with Crippen molar-refractivity contribution in [2.24, 2.45) is 5.41 Å². The summed E-state index contributed by atoms with van der Waals surface area (Å²) in [6.07, 6.45) is -2.54. The minimum Gasteiger partial charge on any atom is -0.447 e. The van der Waals surface area contributed by atoms with Gasteiger partial charge in [0, 0.05) is 6.54 Å².